The fourth-order valence-corrected chi connectivity index (χ4v) is 3.06. The quantitative estimate of drug-likeness (QED) is 0.419. The summed E-state index contributed by atoms with van der Waals surface area (Å²) in [4.78, 5) is 0. The zero-order valence-corrected chi connectivity index (χ0v) is 17.4. The van der Waals surface area contributed by atoms with E-state index in [0.29, 0.717) is 19.8 Å². The number of aliphatic hydroxyl groups is 1. The first-order valence-corrected chi connectivity index (χ1v) is 10.2. The molecule has 5 nitrogen and oxygen atoms in total. The standard InChI is InChI=1S/C21H29BrN2O3/c1-2-26-20-13-18(15-24-10-6-9-23-11-12-25)19(22)14-21(20)27-16-17-7-4-3-5-8-17/h3-5,7-8,13-14,23-25H,2,6,9-12,15-16H2,1H3. The van der Waals surface area contributed by atoms with E-state index >= 15 is 0 Å². The van der Waals surface area contributed by atoms with Gasteiger partial charge in [0.1, 0.15) is 6.61 Å². The second-order valence-corrected chi connectivity index (χ2v) is 6.96. The zero-order valence-electron chi connectivity index (χ0n) is 15.8. The van der Waals surface area contributed by atoms with Gasteiger partial charge in [0.15, 0.2) is 11.5 Å². The first kappa shape index (κ1) is 21.7. The first-order chi connectivity index (χ1) is 13.2. The van der Waals surface area contributed by atoms with E-state index in [1.807, 2.05) is 49.4 Å². The number of benzene rings is 2. The smallest absolute Gasteiger partial charge is 0.162 e. The Hall–Kier alpha value is -1.60. The second kappa shape index (κ2) is 12.7. The van der Waals surface area contributed by atoms with Gasteiger partial charge in [-0.3, -0.25) is 0 Å². The van der Waals surface area contributed by atoms with Crippen molar-refractivity contribution in [1.29, 1.82) is 0 Å². The summed E-state index contributed by atoms with van der Waals surface area (Å²) in [5.41, 5.74) is 2.26. The molecular formula is C21H29BrN2O3. The molecule has 0 radical (unpaired) electrons. The lowest BCUT2D eigenvalue weighted by Crippen LogP contribution is -2.24. The van der Waals surface area contributed by atoms with Crippen LogP contribution >= 0.6 is 15.9 Å². The molecule has 0 amide bonds. The molecule has 27 heavy (non-hydrogen) atoms. The molecule has 3 N–H and O–H groups in total. The van der Waals surface area contributed by atoms with Gasteiger partial charge in [-0.1, -0.05) is 46.3 Å². The van der Waals surface area contributed by atoms with Crippen molar-refractivity contribution in [3.05, 3.63) is 58.1 Å². The molecule has 6 heteroatoms. The summed E-state index contributed by atoms with van der Waals surface area (Å²) in [7, 11) is 0. The van der Waals surface area contributed by atoms with Gasteiger partial charge < -0.3 is 25.2 Å². The molecule has 0 atom stereocenters. The average molecular weight is 437 g/mol. The van der Waals surface area contributed by atoms with Gasteiger partial charge in [0.05, 0.1) is 13.2 Å². The maximum Gasteiger partial charge on any atom is 0.162 e. The number of ether oxygens (including phenoxy) is 2. The van der Waals surface area contributed by atoms with E-state index in [1.54, 1.807) is 0 Å². The molecule has 0 saturated carbocycles. The third-order valence-electron chi connectivity index (χ3n) is 3.96. The Morgan fingerprint density at radius 3 is 2.44 bits per heavy atom. The molecule has 0 bridgehead atoms. The Morgan fingerprint density at radius 2 is 1.70 bits per heavy atom. The number of halogens is 1. The first-order valence-electron chi connectivity index (χ1n) is 9.38. The summed E-state index contributed by atoms with van der Waals surface area (Å²) in [5.74, 6) is 1.50. The van der Waals surface area contributed by atoms with Gasteiger partial charge in [0.25, 0.3) is 0 Å². The molecule has 0 aliphatic heterocycles. The van der Waals surface area contributed by atoms with E-state index < -0.39 is 0 Å². The largest absolute Gasteiger partial charge is 0.490 e. The summed E-state index contributed by atoms with van der Waals surface area (Å²) < 4.78 is 12.8. The van der Waals surface area contributed by atoms with Crippen molar-refractivity contribution in [1.82, 2.24) is 10.6 Å². The fraction of sp³-hybridized carbons (Fsp3) is 0.429. The molecule has 148 valence electrons. The molecule has 0 aliphatic carbocycles. The minimum atomic E-state index is 0.180. The number of hydrogen-bond donors (Lipinski definition) is 3. The zero-order chi connectivity index (χ0) is 19.3. The molecule has 0 aromatic heterocycles. The number of rotatable bonds is 13. The predicted octanol–water partition coefficient (Wildman–Crippen LogP) is 3.49. The average Bonchev–Trinajstić information content (AvgIpc) is 2.69. The van der Waals surface area contributed by atoms with Gasteiger partial charge in [-0.2, -0.15) is 0 Å². The van der Waals surface area contributed by atoms with E-state index in [1.165, 1.54) is 0 Å². The molecular weight excluding hydrogens is 408 g/mol. The van der Waals surface area contributed by atoms with Crippen molar-refractivity contribution in [2.45, 2.75) is 26.5 Å². The molecule has 0 unspecified atom stereocenters. The van der Waals surface area contributed by atoms with Crippen LogP contribution in [0.25, 0.3) is 0 Å². The number of hydrogen-bond acceptors (Lipinski definition) is 5. The van der Waals surface area contributed by atoms with Gasteiger partial charge in [-0.25, -0.2) is 0 Å². The Labute approximate surface area is 170 Å². The van der Waals surface area contributed by atoms with Crippen LogP contribution in [0, 0.1) is 0 Å². The molecule has 0 fully saturated rings. The van der Waals surface area contributed by atoms with Gasteiger partial charge in [0, 0.05) is 17.6 Å². The highest BCUT2D eigenvalue weighted by Crippen LogP contribution is 2.34. The topological polar surface area (TPSA) is 62.8 Å². The molecule has 0 saturated heterocycles. The van der Waals surface area contributed by atoms with Crippen LogP contribution in [0.1, 0.15) is 24.5 Å². The maximum absolute atomic E-state index is 8.74. The SMILES string of the molecule is CCOc1cc(CNCCCNCCO)c(Br)cc1OCc1ccccc1. The molecule has 2 aromatic rings. The molecule has 0 spiro atoms. The molecule has 2 rings (SSSR count). The second-order valence-electron chi connectivity index (χ2n) is 6.10. The van der Waals surface area contributed by atoms with Crippen LogP contribution in [0.15, 0.2) is 46.9 Å². The minimum absolute atomic E-state index is 0.180. The summed E-state index contributed by atoms with van der Waals surface area (Å²) in [6.45, 7) is 6.44. The van der Waals surface area contributed by atoms with E-state index in [0.717, 1.165) is 53.2 Å². The van der Waals surface area contributed by atoms with Crippen molar-refractivity contribution in [2.75, 3.05) is 32.8 Å². The van der Waals surface area contributed by atoms with Crippen LogP contribution in [0.2, 0.25) is 0 Å². The van der Waals surface area contributed by atoms with Crippen LogP contribution in [0.3, 0.4) is 0 Å². The van der Waals surface area contributed by atoms with Gasteiger partial charge in [-0.15, -0.1) is 0 Å². The van der Waals surface area contributed by atoms with Crippen molar-refractivity contribution < 1.29 is 14.6 Å². The van der Waals surface area contributed by atoms with Gasteiger partial charge in [0.2, 0.25) is 0 Å². The predicted molar refractivity (Wildman–Crippen MR) is 112 cm³/mol. The lowest BCUT2D eigenvalue weighted by Gasteiger charge is -2.15. The van der Waals surface area contributed by atoms with Crippen molar-refractivity contribution in [2.24, 2.45) is 0 Å². The van der Waals surface area contributed by atoms with Gasteiger partial charge in [-0.05, 0) is 49.7 Å². The molecule has 0 heterocycles. The van der Waals surface area contributed by atoms with Crippen molar-refractivity contribution >= 4 is 15.9 Å². The molecule has 2 aromatic carbocycles. The van der Waals surface area contributed by atoms with Crippen LogP contribution < -0.4 is 20.1 Å². The lowest BCUT2D eigenvalue weighted by molar-refractivity contribution is 0.269. The van der Waals surface area contributed by atoms with E-state index in [-0.39, 0.29) is 6.61 Å². The summed E-state index contributed by atoms with van der Waals surface area (Å²) >= 11 is 3.65. The Bertz CT molecular complexity index is 668. The third kappa shape index (κ3) is 7.89. The Morgan fingerprint density at radius 1 is 0.963 bits per heavy atom. The van der Waals surface area contributed by atoms with E-state index in [4.69, 9.17) is 14.6 Å². The summed E-state index contributed by atoms with van der Waals surface area (Å²) in [6, 6.07) is 14.1. The number of nitrogens with one attached hydrogen (secondary N) is 2. The van der Waals surface area contributed by atoms with Crippen molar-refractivity contribution in [3.8, 4) is 11.5 Å². The monoisotopic (exact) mass is 436 g/mol. The Balaban J connectivity index is 1.91. The lowest BCUT2D eigenvalue weighted by atomic mass is 10.2. The highest BCUT2D eigenvalue weighted by Gasteiger charge is 2.11. The highest BCUT2D eigenvalue weighted by atomic mass is 79.9. The Kier molecular flexibility index (Phi) is 10.2. The third-order valence-corrected chi connectivity index (χ3v) is 4.70. The van der Waals surface area contributed by atoms with Gasteiger partial charge >= 0.3 is 0 Å². The van der Waals surface area contributed by atoms with Crippen LogP contribution in [-0.4, -0.2) is 38.0 Å². The fourth-order valence-electron chi connectivity index (χ4n) is 2.59. The number of aliphatic hydroxyl groups excluding tert-OH is 1. The van der Waals surface area contributed by atoms with Crippen molar-refractivity contribution in [3.63, 3.8) is 0 Å². The molecule has 0 aliphatic rings. The summed E-state index contributed by atoms with van der Waals surface area (Å²) in [6.07, 6.45) is 1.01. The highest BCUT2D eigenvalue weighted by molar-refractivity contribution is 9.10. The maximum atomic E-state index is 8.74. The normalized spacial score (nSPS) is 10.8. The van der Waals surface area contributed by atoms with E-state index in [9.17, 15) is 0 Å². The van der Waals surface area contributed by atoms with Crippen LogP contribution in [0.5, 0.6) is 11.5 Å². The van der Waals surface area contributed by atoms with Crippen LogP contribution in [-0.2, 0) is 13.2 Å². The van der Waals surface area contributed by atoms with E-state index in [2.05, 4.69) is 26.6 Å². The van der Waals surface area contributed by atoms with Crippen LogP contribution in [0.4, 0.5) is 0 Å². The minimum Gasteiger partial charge on any atom is -0.490 e. The summed E-state index contributed by atoms with van der Waals surface area (Å²) in [5, 5.41) is 15.3.